The van der Waals surface area contributed by atoms with Gasteiger partial charge in [-0.2, -0.15) is 0 Å². The molecule has 1 aromatic carbocycles. The Hall–Kier alpha value is -2.73. The van der Waals surface area contributed by atoms with Crippen LogP contribution in [0.5, 0.6) is 0 Å². The minimum Gasteiger partial charge on any atom is -0.364 e. The van der Waals surface area contributed by atoms with Crippen LogP contribution < -0.4 is 10.6 Å². The van der Waals surface area contributed by atoms with Crippen LogP contribution in [-0.4, -0.2) is 22.4 Å². The molecule has 0 radical (unpaired) electrons. The standard InChI is InChI=1S/C19H20N4OS/c1-2-10-20-18(24)15-8-9-17(21-11-15)22-12-16-13-25-19(23-16)14-6-4-3-5-7-14/h3-9,11,13H,2,10,12H2,1H3,(H,20,24)(H,21,22). The molecule has 25 heavy (non-hydrogen) atoms. The molecule has 0 bridgehead atoms. The summed E-state index contributed by atoms with van der Waals surface area (Å²) in [6.07, 6.45) is 2.50. The third-order valence-corrected chi connectivity index (χ3v) is 4.52. The first kappa shape index (κ1) is 17.1. The first-order chi connectivity index (χ1) is 12.3. The molecule has 2 N–H and O–H groups in total. The summed E-state index contributed by atoms with van der Waals surface area (Å²) in [5.41, 5.74) is 2.66. The smallest absolute Gasteiger partial charge is 0.252 e. The molecule has 0 aliphatic rings. The molecule has 0 aliphatic carbocycles. The zero-order valence-electron chi connectivity index (χ0n) is 14.0. The van der Waals surface area contributed by atoms with Gasteiger partial charge >= 0.3 is 0 Å². The highest BCUT2D eigenvalue weighted by atomic mass is 32.1. The molecule has 0 fully saturated rings. The zero-order valence-corrected chi connectivity index (χ0v) is 14.8. The largest absolute Gasteiger partial charge is 0.364 e. The van der Waals surface area contributed by atoms with E-state index in [0.717, 1.165) is 28.5 Å². The Balaban J connectivity index is 1.57. The third-order valence-electron chi connectivity index (χ3n) is 3.58. The zero-order chi connectivity index (χ0) is 17.5. The van der Waals surface area contributed by atoms with Crippen LogP contribution in [0.25, 0.3) is 10.6 Å². The second-order valence-corrected chi connectivity index (χ2v) is 6.41. The number of pyridine rings is 1. The number of anilines is 1. The molecule has 2 heterocycles. The number of nitrogens with one attached hydrogen (secondary N) is 2. The lowest BCUT2D eigenvalue weighted by molar-refractivity contribution is 0.0953. The molecule has 3 rings (SSSR count). The van der Waals surface area contributed by atoms with Gasteiger partial charge in [-0.3, -0.25) is 4.79 Å². The topological polar surface area (TPSA) is 66.9 Å². The highest BCUT2D eigenvalue weighted by molar-refractivity contribution is 7.13. The van der Waals surface area contributed by atoms with Crippen LogP contribution in [0.4, 0.5) is 5.82 Å². The maximum atomic E-state index is 11.9. The van der Waals surface area contributed by atoms with Crippen LogP contribution in [0.2, 0.25) is 0 Å². The fraction of sp³-hybridized carbons (Fsp3) is 0.211. The number of benzene rings is 1. The maximum Gasteiger partial charge on any atom is 0.252 e. The lowest BCUT2D eigenvalue weighted by Crippen LogP contribution is -2.24. The van der Waals surface area contributed by atoms with Crippen molar-refractivity contribution < 1.29 is 4.79 Å². The monoisotopic (exact) mass is 352 g/mol. The molecule has 128 valence electrons. The van der Waals surface area contributed by atoms with Crippen LogP contribution in [0.15, 0.2) is 54.0 Å². The van der Waals surface area contributed by atoms with Gasteiger partial charge in [0.15, 0.2) is 0 Å². The first-order valence-electron chi connectivity index (χ1n) is 8.24. The number of carbonyl (C=O) groups excluding carboxylic acids is 1. The van der Waals surface area contributed by atoms with Crippen molar-refractivity contribution in [2.24, 2.45) is 0 Å². The van der Waals surface area contributed by atoms with Gasteiger partial charge in [0.25, 0.3) is 5.91 Å². The summed E-state index contributed by atoms with van der Waals surface area (Å²) in [6.45, 7) is 3.29. The summed E-state index contributed by atoms with van der Waals surface area (Å²) in [7, 11) is 0. The number of hydrogen-bond donors (Lipinski definition) is 2. The van der Waals surface area contributed by atoms with E-state index in [1.807, 2.05) is 36.6 Å². The third kappa shape index (κ3) is 4.64. The highest BCUT2D eigenvalue weighted by Crippen LogP contribution is 2.23. The number of carbonyl (C=O) groups is 1. The van der Waals surface area contributed by atoms with Crippen molar-refractivity contribution in [3.05, 3.63) is 65.3 Å². The van der Waals surface area contributed by atoms with Crippen molar-refractivity contribution in [1.82, 2.24) is 15.3 Å². The van der Waals surface area contributed by atoms with Crippen molar-refractivity contribution >= 4 is 23.1 Å². The molecule has 0 saturated carbocycles. The van der Waals surface area contributed by atoms with Crippen molar-refractivity contribution in [2.75, 3.05) is 11.9 Å². The molecule has 3 aromatic rings. The molecular formula is C19H20N4OS. The Morgan fingerprint density at radius 3 is 2.72 bits per heavy atom. The fourth-order valence-electron chi connectivity index (χ4n) is 2.26. The molecule has 5 nitrogen and oxygen atoms in total. The van der Waals surface area contributed by atoms with Gasteiger partial charge < -0.3 is 10.6 Å². The van der Waals surface area contributed by atoms with Crippen LogP contribution in [0.3, 0.4) is 0 Å². The van der Waals surface area contributed by atoms with E-state index >= 15 is 0 Å². The van der Waals surface area contributed by atoms with Crippen LogP contribution in [0, 0.1) is 0 Å². The van der Waals surface area contributed by atoms with E-state index < -0.39 is 0 Å². The lowest BCUT2D eigenvalue weighted by Gasteiger charge is -2.06. The second-order valence-electron chi connectivity index (χ2n) is 5.55. The van der Waals surface area contributed by atoms with Crippen LogP contribution in [-0.2, 0) is 6.54 Å². The van der Waals surface area contributed by atoms with Crippen molar-refractivity contribution in [3.8, 4) is 10.6 Å². The number of nitrogens with zero attached hydrogens (tertiary/aromatic N) is 2. The Kier molecular flexibility index (Phi) is 5.74. The number of amides is 1. The second kappa shape index (κ2) is 8.39. The molecule has 1 amide bonds. The van der Waals surface area contributed by atoms with E-state index in [1.54, 1.807) is 23.6 Å². The van der Waals surface area contributed by atoms with Crippen LogP contribution in [0.1, 0.15) is 29.4 Å². The summed E-state index contributed by atoms with van der Waals surface area (Å²) in [4.78, 5) is 20.8. The number of rotatable bonds is 7. The maximum absolute atomic E-state index is 11.9. The van der Waals surface area contributed by atoms with Gasteiger partial charge in [-0.25, -0.2) is 9.97 Å². The number of thiazole rings is 1. The number of aromatic nitrogens is 2. The van der Waals surface area contributed by atoms with E-state index in [-0.39, 0.29) is 5.91 Å². The average Bonchev–Trinajstić information content (AvgIpc) is 3.14. The summed E-state index contributed by atoms with van der Waals surface area (Å²) in [5.74, 6) is 0.634. The van der Waals surface area contributed by atoms with Crippen molar-refractivity contribution in [1.29, 1.82) is 0 Å². The molecule has 0 aliphatic heterocycles. The SMILES string of the molecule is CCCNC(=O)c1ccc(NCc2csc(-c3ccccc3)n2)nc1. The predicted molar refractivity (Wildman–Crippen MR) is 102 cm³/mol. The van der Waals surface area contributed by atoms with Gasteiger partial charge in [-0.15, -0.1) is 11.3 Å². The summed E-state index contributed by atoms with van der Waals surface area (Å²) < 4.78 is 0. The summed E-state index contributed by atoms with van der Waals surface area (Å²) in [6, 6.07) is 13.7. The van der Waals surface area contributed by atoms with Crippen LogP contribution >= 0.6 is 11.3 Å². The molecule has 6 heteroatoms. The van der Waals surface area contributed by atoms with Crippen molar-refractivity contribution in [3.63, 3.8) is 0 Å². The van der Waals surface area contributed by atoms with E-state index in [2.05, 4.69) is 32.7 Å². The van der Waals surface area contributed by atoms with Gasteiger partial charge in [0.2, 0.25) is 0 Å². The Bertz CT molecular complexity index is 815. The minimum absolute atomic E-state index is 0.0899. The summed E-state index contributed by atoms with van der Waals surface area (Å²) in [5, 5.41) is 9.12. The first-order valence-corrected chi connectivity index (χ1v) is 9.12. The number of hydrogen-bond acceptors (Lipinski definition) is 5. The molecule has 0 spiro atoms. The Morgan fingerprint density at radius 2 is 2.00 bits per heavy atom. The molecule has 2 aromatic heterocycles. The van der Waals surface area contributed by atoms with E-state index in [0.29, 0.717) is 18.7 Å². The summed E-state index contributed by atoms with van der Waals surface area (Å²) >= 11 is 1.63. The van der Waals surface area contributed by atoms with Crippen molar-refractivity contribution in [2.45, 2.75) is 19.9 Å². The molecule has 0 saturated heterocycles. The highest BCUT2D eigenvalue weighted by Gasteiger charge is 2.06. The average molecular weight is 352 g/mol. The molecule has 0 unspecified atom stereocenters. The molecular weight excluding hydrogens is 332 g/mol. The van der Waals surface area contributed by atoms with E-state index in [1.165, 1.54) is 0 Å². The normalized spacial score (nSPS) is 10.4. The van der Waals surface area contributed by atoms with Gasteiger partial charge in [-0.1, -0.05) is 37.3 Å². The van der Waals surface area contributed by atoms with Gasteiger partial charge in [0, 0.05) is 23.7 Å². The fourth-order valence-corrected chi connectivity index (χ4v) is 3.08. The lowest BCUT2D eigenvalue weighted by atomic mass is 10.2. The van der Waals surface area contributed by atoms with Gasteiger partial charge in [0.1, 0.15) is 10.8 Å². The Morgan fingerprint density at radius 1 is 1.16 bits per heavy atom. The predicted octanol–water partition coefficient (Wildman–Crippen LogP) is 3.96. The van der Waals surface area contributed by atoms with Gasteiger partial charge in [0.05, 0.1) is 17.8 Å². The quantitative estimate of drug-likeness (QED) is 0.675. The Labute approximate surface area is 151 Å². The molecule has 0 atom stereocenters. The minimum atomic E-state index is -0.0899. The van der Waals surface area contributed by atoms with E-state index in [4.69, 9.17) is 0 Å². The van der Waals surface area contributed by atoms with Gasteiger partial charge in [-0.05, 0) is 18.6 Å². The van der Waals surface area contributed by atoms with E-state index in [9.17, 15) is 4.79 Å².